The topological polar surface area (TPSA) is 35.5 Å². The maximum absolute atomic E-state index is 10.6. The molecule has 1 rings (SSSR count). The van der Waals surface area contributed by atoms with Crippen LogP contribution in [0.25, 0.3) is 0 Å². The first-order valence-corrected chi connectivity index (χ1v) is 4.18. The molecular weight excluding hydrogens is 175 g/mol. The van der Waals surface area contributed by atoms with Gasteiger partial charge in [0, 0.05) is 6.07 Å². The average molecular weight is 184 g/mol. The Morgan fingerprint density at radius 2 is 2.00 bits per heavy atom. The summed E-state index contributed by atoms with van der Waals surface area (Å²) in [6, 6.07) is 5.13. The van der Waals surface area contributed by atoms with Gasteiger partial charge in [0.05, 0.1) is 19.5 Å². The van der Waals surface area contributed by atoms with Gasteiger partial charge in [-0.3, -0.25) is 4.57 Å². The minimum Gasteiger partial charge on any atom is -0.497 e. The van der Waals surface area contributed by atoms with Crippen LogP contribution in [0.3, 0.4) is 0 Å². The molecule has 0 amide bonds. The summed E-state index contributed by atoms with van der Waals surface area (Å²) < 4.78 is 20.5. The molecule has 64 valence electrons. The van der Waals surface area contributed by atoms with Gasteiger partial charge in [0.1, 0.15) is 11.5 Å². The van der Waals surface area contributed by atoms with E-state index >= 15 is 0 Å². The van der Waals surface area contributed by atoms with Crippen molar-refractivity contribution in [3.63, 3.8) is 0 Å². The molecule has 0 fully saturated rings. The van der Waals surface area contributed by atoms with Crippen LogP contribution in [0.1, 0.15) is 0 Å². The van der Waals surface area contributed by atoms with Crippen molar-refractivity contribution >= 4 is 13.8 Å². The highest BCUT2D eigenvalue weighted by Gasteiger charge is 2.03. The zero-order valence-corrected chi connectivity index (χ0v) is 7.80. The van der Waals surface area contributed by atoms with E-state index < -0.39 is 0 Å². The van der Waals surface area contributed by atoms with Gasteiger partial charge in [-0.25, -0.2) is 0 Å². The van der Waals surface area contributed by atoms with Crippen LogP contribution in [-0.2, 0) is 4.57 Å². The molecule has 1 aromatic carbocycles. The SMILES string of the molecule is COc1ccc(P=O)c(OC)c1. The second kappa shape index (κ2) is 4.07. The maximum atomic E-state index is 10.6. The lowest BCUT2D eigenvalue weighted by Crippen LogP contribution is -1.99. The molecule has 4 heteroatoms. The number of benzene rings is 1. The lowest BCUT2D eigenvalue weighted by molar-refractivity contribution is 0.396. The highest BCUT2D eigenvalue weighted by molar-refractivity contribution is 7.34. The highest BCUT2D eigenvalue weighted by Crippen LogP contribution is 2.19. The van der Waals surface area contributed by atoms with E-state index in [9.17, 15) is 4.57 Å². The fourth-order valence-electron chi connectivity index (χ4n) is 0.860. The van der Waals surface area contributed by atoms with Crippen molar-refractivity contribution in [2.24, 2.45) is 0 Å². The van der Waals surface area contributed by atoms with E-state index in [-0.39, 0.29) is 8.46 Å². The molecule has 0 saturated carbocycles. The average Bonchev–Trinajstić information content (AvgIpc) is 2.16. The summed E-state index contributed by atoms with van der Waals surface area (Å²) in [6.45, 7) is 0. The van der Waals surface area contributed by atoms with Crippen LogP contribution < -0.4 is 14.8 Å². The molecule has 1 aromatic rings. The largest absolute Gasteiger partial charge is 0.497 e. The summed E-state index contributed by atoms with van der Waals surface area (Å²) in [4.78, 5) is 0. The molecule has 0 N–H and O–H groups in total. The molecule has 0 aromatic heterocycles. The van der Waals surface area contributed by atoms with Crippen molar-refractivity contribution < 1.29 is 14.0 Å². The number of rotatable bonds is 3. The van der Waals surface area contributed by atoms with E-state index in [0.717, 1.165) is 0 Å². The molecule has 3 nitrogen and oxygen atoms in total. The quantitative estimate of drug-likeness (QED) is 0.669. The summed E-state index contributed by atoms with van der Waals surface area (Å²) in [5.74, 6) is 1.27. The van der Waals surface area contributed by atoms with Gasteiger partial charge in [0.15, 0.2) is 8.46 Å². The fourth-order valence-corrected chi connectivity index (χ4v) is 1.24. The summed E-state index contributed by atoms with van der Waals surface area (Å²) in [5.41, 5.74) is 0. The Balaban J connectivity index is 3.10. The second-order valence-corrected chi connectivity index (χ2v) is 2.79. The molecule has 12 heavy (non-hydrogen) atoms. The number of methoxy groups -OCH3 is 2. The number of hydrogen-bond acceptors (Lipinski definition) is 3. The normalized spacial score (nSPS) is 9.83. The Labute approximate surface area is 72.5 Å². The fraction of sp³-hybridized carbons (Fsp3) is 0.250. The zero-order valence-electron chi connectivity index (χ0n) is 6.90. The number of hydrogen-bond donors (Lipinski definition) is 0. The van der Waals surface area contributed by atoms with Crippen molar-refractivity contribution in [3.05, 3.63) is 18.2 Å². The third kappa shape index (κ3) is 1.74. The van der Waals surface area contributed by atoms with Gasteiger partial charge in [-0.05, 0) is 12.1 Å². The molecular formula is C8H9O3P. The van der Waals surface area contributed by atoms with Gasteiger partial charge >= 0.3 is 0 Å². The van der Waals surface area contributed by atoms with Gasteiger partial charge in [0.25, 0.3) is 0 Å². The zero-order chi connectivity index (χ0) is 8.97. The molecule has 0 aliphatic heterocycles. The Morgan fingerprint density at radius 1 is 1.25 bits per heavy atom. The monoisotopic (exact) mass is 184 g/mol. The van der Waals surface area contributed by atoms with Crippen molar-refractivity contribution in [2.75, 3.05) is 14.2 Å². The Bertz CT molecular complexity index is 286. The van der Waals surface area contributed by atoms with Crippen molar-refractivity contribution in [3.8, 4) is 11.5 Å². The first-order valence-electron chi connectivity index (χ1n) is 3.37. The van der Waals surface area contributed by atoms with E-state index in [0.29, 0.717) is 16.8 Å². The minimum absolute atomic E-state index is 0.0442. The Kier molecular flexibility index (Phi) is 3.06. The molecule has 0 radical (unpaired) electrons. The Morgan fingerprint density at radius 3 is 2.50 bits per heavy atom. The van der Waals surface area contributed by atoms with Gasteiger partial charge in [-0.1, -0.05) is 0 Å². The summed E-state index contributed by atoms with van der Waals surface area (Å²) >= 11 is 0. The van der Waals surface area contributed by atoms with Gasteiger partial charge in [-0.15, -0.1) is 0 Å². The third-order valence-corrected chi connectivity index (χ3v) is 2.05. The molecule has 0 spiro atoms. The molecule has 0 bridgehead atoms. The van der Waals surface area contributed by atoms with Crippen LogP contribution in [0.2, 0.25) is 0 Å². The van der Waals surface area contributed by atoms with Crippen molar-refractivity contribution in [1.82, 2.24) is 0 Å². The van der Waals surface area contributed by atoms with Crippen LogP contribution in [0.4, 0.5) is 0 Å². The van der Waals surface area contributed by atoms with Crippen LogP contribution in [0.15, 0.2) is 18.2 Å². The first-order chi connectivity index (χ1) is 5.81. The lowest BCUT2D eigenvalue weighted by Gasteiger charge is -2.04. The third-order valence-electron chi connectivity index (χ3n) is 1.49. The van der Waals surface area contributed by atoms with E-state index in [1.165, 1.54) is 7.11 Å². The molecule has 0 atom stereocenters. The predicted molar refractivity (Wildman–Crippen MR) is 46.8 cm³/mol. The summed E-state index contributed by atoms with van der Waals surface area (Å²) in [6.07, 6.45) is 0. The molecule has 0 unspecified atom stereocenters. The summed E-state index contributed by atoms with van der Waals surface area (Å²) in [7, 11) is 3.06. The molecule has 0 saturated heterocycles. The number of ether oxygens (including phenoxy) is 2. The first kappa shape index (κ1) is 9.01. The molecule has 0 heterocycles. The molecule has 0 aliphatic carbocycles. The standard InChI is InChI=1S/C8H9O3P/c1-10-6-3-4-8(12-9)7(5-6)11-2/h3-5H,1-2H3. The predicted octanol–water partition coefficient (Wildman–Crippen LogP) is 1.62. The van der Waals surface area contributed by atoms with Crippen molar-refractivity contribution in [2.45, 2.75) is 0 Å². The van der Waals surface area contributed by atoms with Crippen LogP contribution in [0.5, 0.6) is 11.5 Å². The Hall–Kier alpha value is -1.08. The lowest BCUT2D eigenvalue weighted by atomic mass is 10.3. The summed E-state index contributed by atoms with van der Waals surface area (Å²) in [5, 5.41) is 0.623. The van der Waals surface area contributed by atoms with Gasteiger partial charge < -0.3 is 9.47 Å². The van der Waals surface area contributed by atoms with Crippen LogP contribution in [0, 0.1) is 0 Å². The maximum Gasteiger partial charge on any atom is 0.196 e. The van der Waals surface area contributed by atoms with E-state index in [4.69, 9.17) is 9.47 Å². The van der Waals surface area contributed by atoms with Crippen LogP contribution in [-0.4, -0.2) is 14.2 Å². The van der Waals surface area contributed by atoms with E-state index in [2.05, 4.69) is 0 Å². The molecule has 0 aliphatic rings. The second-order valence-electron chi connectivity index (χ2n) is 2.13. The van der Waals surface area contributed by atoms with E-state index in [1.807, 2.05) is 0 Å². The van der Waals surface area contributed by atoms with Crippen molar-refractivity contribution in [1.29, 1.82) is 0 Å². The van der Waals surface area contributed by atoms with Gasteiger partial charge in [-0.2, -0.15) is 0 Å². The smallest absolute Gasteiger partial charge is 0.196 e. The minimum atomic E-state index is -0.0442. The van der Waals surface area contributed by atoms with E-state index in [1.54, 1.807) is 25.3 Å². The van der Waals surface area contributed by atoms with Crippen LogP contribution >= 0.6 is 8.46 Å². The van der Waals surface area contributed by atoms with Gasteiger partial charge in [0.2, 0.25) is 0 Å². The highest BCUT2D eigenvalue weighted by atomic mass is 31.1.